The minimum absolute atomic E-state index is 0.0239. The van der Waals surface area contributed by atoms with Gasteiger partial charge in [-0.3, -0.25) is 9.59 Å². The molecule has 0 saturated heterocycles. The standard InChI is InChI=1S/C15H19NO3/c1-4-16(11-15(18)19-3)14(17)10-9-13-8-6-5-7-12(13)2/h5-10H,4,11H2,1-3H3/b10-9+. The summed E-state index contributed by atoms with van der Waals surface area (Å²) in [5.41, 5.74) is 2.09. The predicted molar refractivity (Wildman–Crippen MR) is 74.5 cm³/mol. The molecule has 0 spiro atoms. The van der Waals surface area contributed by atoms with Crippen LogP contribution in [0.15, 0.2) is 30.3 Å². The number of amides is 1. The number of methoxy groups -OCH3 is 1. The zero-order chi connectivity index (χ0) is 14.3. The molecule has 0 aliphatic carbocycles. The van der Waals surface area contributed by atoms with Gasteiger partial charge in [0.25, 0.3) is 0 Å². The maximum absolute atomic E-state index is 11.9. The Labute approximate surface area is 113 Å². The Kier molecular flexibility index (Phi) is 5.79. The number of hydrogen-bond donors (Lipinski definition) is 0. The molecule has 0 aliphatic heterocycles. The predicted octanol–water partition coefficient (Wildman–Crippen LogP) is 2.03. The minimum Gasteiger partial charge on any atom is -0.468 e. The summed E-state index contributed by atoms with van der Waals surface area (Å²) >= 11 is 0. The molecule has 4 heteroatoms. The van der Waals surface area contributed by atoms with Crippen molar-refractivity contribution >= 4 is 18.0 Å². The average molecular weight is 261 g/mol. The van der Waals surface area contributed by atoms with Gasteiger partial charge in [0.15, 0.2) is 0 Å². The molecule has 0 unspecified atom stereocenters. The van der Waals surface area contributed by atoms with Crippen LogP contribution >= 0.6 is 0 Å². The van der Waals surface area contributed by atoms with Crippen LogP contribution in [0.3, 0.4) is 0 Å². The molecular weight excluding hydrogens is 242 g/mol. The Bertz CT molecular complexity index is 480. The van der Waals surface area contributed by atoms with Crippen LogP contribution in [0.5, 0.6) is 0 Å². The van der Waals surface area contributed by atoms with Crippen LogP contribution in [-0.2, 0) is 14.3 Å². The second-order valence-electron chi connectivity index (χ2n) is 4.12. The molecule has 0 N–H and O–H groups in total. The van der Waals surface area contributed by atoms with E-state index in [9.17, 15) is 9.59 Å². The topological polar surface area (TPSA) is 46.6 Å². The fourth-order valence-corrected chi connectivity index (χ4v) is 1.61. The second kappa shape index (κ2) is 7.36. The molecule has 0 aromatic heterocycles. The number of hydrogen-bond acceptors (Lipinski definition) is 3. The van der Waals surface area contributed by atoms with Gasteiger partial charge in [-0.1, -0.05) is 24.3 Å². The van der Waals surface area contributed by atoms with Crippen molar-refractivity contribution in [2.75, 3.05) is 20.2 Å². The number of ether oxygens (including phenoxy) is 1. The summed E-state index contributed by atoms with van der Waals surface area (Å²) in [6.45, 7) is 4.24. The monoisotopic (exact) mass is 261 g/mol. The molecule has 1 amide bonds. The van der Waals surface area contributed by atoms with E-state index in [1.54, 1.807) is 6.08 Å². The molecule has 4 nitrogen and oxygen atoms in total. The van der Waals surface area contributed by atoms with E-state index in [1.807, 2.05) is 38.1 Å². The molecule has 0 fully saturated rings. The SMILES string of the molecule is CCN(CC(=O)OC)C(=O)/C=C/c1ccccc1C. The smallest absolute Gasteiger partial charge is 0.325 e. The highest BCUT2D eigenvalue weighted by atomic mass is 16.5. The molecule has 0 aliphatic rings. The molecule has 1 aromatic carbocycles. The van der Waals surface area contributed by atoms with Crippen molar-refractivity contribution in [3.63, 3.8) is 0 Å². The summed E-state index contributed by atoms with van der Waals surface area (Å²) in [4.78, 5) is 24.5. The fourth-order valence-electron chi connectivity index (χ4n) is 1.61. The van der Waals surface area contributed by atoms with E-state index in [1.165, 1.54) is 18.1 Å². The minimum atomic E-state index is -0.417. The first-order chi connectivity index (χ1) is 9.08. The van der Waals surface area contributed by atoms with Crippen molar-refractivity contribution in [2.24, 2.45) is 0 Å². The van der Waals surface area contributed by atoms with Gasteiger partial charge in [0.2, 0.25) is 5.91 Å². The number of nitrogens with zero attached hydrogens (tertiary/aromatic N) is 1. The second-order valence-corrected chi connectivity index (χ2v) is 4.12. The Morgan fingerprint density at radius 1 is 1.32 bits per heavy atom. The number of esters is 1. The first-order valence-corrected chi connectivity index (χ1v) is 6.18. The third-order valence-corrected chi connectivity index (χ3v) is 2.83. The van der Waals surface area contributed by atoms with Gasteiger partial charge in [-0.15, -0.1) is 0 Å². The number of carbonyl (C=O) groups is 2. The number of carbonyl (C=O) groups excluding carboxylic acids is 2. The van der Waals surface area contributed by atoms with Gasteiger partial charge in [0.1, 0.15) is 6.54 Å². The Morgan fingerprint density at radius 3 is 2.58 bits per heavy atom. The third-order valence-electron chi connectivity index (χ3n) is 2.83. The number of benzene rings is 1. The van der Waals surface area contributed by atoms with Crippen molar-refractivity contribution in [1.82, 2.24) is 4.90 Å². The molecule has 102 valence electrons. The van der Waals surface area contributed by atoms with Gasteiger partial charge in [-0.05, 0) is 31.1 Å². The average Bonchev–Trinajstić information content (AvgIpc) is 2.43. The number of likely N-dealkylation sites (N-methyl/N-ethyl adjacent to an activating group) is 1. The number of rotatable bonds is 5. The molecule has 19 heavy (non-hydrogen) atoms. The fraction of sp³-hybridized carbons (Fsp3) is 0.333. The summed E-state index contributed by atoms with van der Waals surface area (Å²) in [7, 11) is 1.31. The molecule has 0 bridgehead atoms. The van der Waals surface area contributed by atoms with E-state index >= 15 is 0 Å². The molecule has 1 rings (SSSR count). The summed E-state index contributed by atoms with van der Waals surface area (Å²) < 4.78 is 4.56. The van der Waals surface area contributed by atoms with Gasteiger partial charge in [-0.25, -0.2) is 0 Å². The maximum Gasteiger partial charge on any atom is 0.325 e. The lowest BCUT2D eigenvalue weighted by Gasteiger charge is -2.17. The van der Waals surface area contributed by atoms with E-state index in [4.69, 9.17) is 0 Å². The highest BCUT2D eigenvalue weighted by molar-refractivity contribution is 5.93. The van der Waals surface area contributed by atoms with Crippen molar-refractivity contribution in [3.05, 3.63) is 41.5 Å². The summed E-state index contributed by atoms with van der Waals surface area (Å²) in [6.07, 6.45) is 3.24. The Hall–Kier alpha value is -2.10. The molecule has 1 aromatic rings. The zero-order valence-electron chi connectivity index (χ0n) is 11.6. The maximum atomic E-state index is 11.9. The molecular formula is C15H19NO3. The van der Waals surface area contributed by atoms with Crippen LogP contribution in [-0.4, -0.2) is 37.0 Å². The van der Waals surface area contributed by atoms with Crippen molar-refractivity contribution in [1.29, 1.82) is 0 Å². The Morgan fingerprint density at radius 2 is 2.00 bits per heavy atom. The summed E-state index contributed by atoms with van der Waals surface area (Å²) in [6, 6.07) is 7.79. The largest absolute Gasteiger partial charge is 0.468 e. The van der Waals surface area contributed by atoms with E-state index < -0.39 is 5.97 Å². The van der Waals surface area contributed by atoms with E-state index in [0.717, 1.165) is 11.1 Å². The van der Waals surface area contributed by atoms with Crippen LogP contribution in [0.1, 0.15) is 18.1 Å². The molecule has 0 radical (unpaired) electrons. The van der Waals surface area contributed by atoms with Crippen molar-refractivity contribution in [3.8, 4) is 0 Å². The molecule has 0 heterocycles. The molecule has 0 atom stereocenters. The lowest BCUT2D eigenvalue weighted by molar-refractivity contribution is -0.145. The highest BCUT2D eigenvalue weighted by Gasteiger charge is 2.13. The van der Waals surface area contributed by atoms with Crippen LogP contribution < -0.4 is 0 Å². The summed E-state index contributed by atoms with van der Waals surface area (Å²) in [5, 5.41) is 0. The first-order valence-electron chi connectivity index (χ1n) is 6.18. The molecule has 0 saturated carbocycles. The quantitative estimate of drug-likeness (QED) is 0.602. The van der Waals surface area contributed by atoms with E-state index in [2.05, 4.69) is 4.74 Å². The third kappa shape index (κ3) is 4.58. The van der Waals surface area contributed by atoms with Gasteiger partial charge in [0.05, 0.1) is 7.11 Å². The first kappa shape index (κ1) is 15.0. The summed E-state index contributed by atoms with van der Waals surface area (Å²) in [5.74, 6) is -0.615. The van der Waals surface area contributed by atoms with Gasteiger partial charge < -0.3 is 9.64 Å². The van der Waals surface area contributed by atoms with Crippen molar-refractivity contribution < 1.29 is 14.3 Å². The van der Waals surface area contributed by atoms with Crippen LogP contribution in [0, 0.1) is 6.92 Å². The lowest BCUT2D eigenvalue weighted by Crippen LogP contribution is -2.34. The highest BCUT2D eigenvalue weighted by Crippen LogP contribution is 2.09. The lowest BCUT2D eigenvalue weighted by atomic mass is 10.1. The normalized spacial score (nSPS) is 10.5. The van der Waals surface area contributed by atoms with Gasteiger partial charge in [-0.2, -0.15) is 0 Å². The van der Waals surface area contributed by atoms with Crippen LogP contribution in [0.25, 0.3) is 6.08 Å². The van der Waals surface area contributed by atoms with Gasteiger partial charge >= 0.3 is 5.97 Å². The van der Waals surface area contributed by atoms with Crippen molar-refractivity contribution in [2.45, 2.75) is 13.8 Å². The Balaban J connectivity index is 2.72. The number of aryl methyl sites for hydroxylation is 1. The van der Waals surface area contributed by atoms with E-state index in [-0.39, 0.29) is 12.5 Å². The van der Waals surface area contributed by atoms with Gasteiger partial charge in [0, 0.05) is 12.6 Å². The zero-order valence-corrected chi connectivity index (χ0v) is 11.6. The van der Waals surface area contributed by atoms with Crippen LogP contribution in [0.4, 0.5) is 0 Å². The van der Waals surface area contributed by atoms with E-state index in [0.29, 0.717) is 6.54 Å². The van der Waals surface area contributed by atoms with Crippen LogP contribution in [0.2, 0.25) is 0 Å².